The molecule has 4 saturated heterocycles. The van der Waals surface area contributed by atoms with Crippen molar-refractivity contribution in [1.29, 1.82) is 0 Å². The highest BCUT2D eigenvalue weighted by molar-refractivity contribution is 5.93. The maximum absolute atomic E-state index is 14.6. The predicted octanol–water partition coefficient (Wildman–Crippen LogP) is 9.82. The zero-order valence-electron chi connectivity index (χ0n) is 67.6. The Morgan fingerprint density at radius 2 is 0.622 bits per heavy atom. The number of fused-ring (bicyclic) bond motifs is 2. The third-order valence-corrected chi connectivity index (χ3v) is 20.8. The van der Waals surface area contributed by atoms with Crippen LogP contribution in [0.3, 0.4) is 0 Å². The molecule has 0 aromatic heterocycles. The number of aliphatic hydroxyl groups excluding tert-OH is 16. The van der Waals surface area contributed by atoms with E-state index in [4.69, 9.17) is 37.9 Å². The van der Waals surface area contributed by atoms with Crippen LogP contribution in [0.1, 0.15) is 75.0 Å². The number of benzene rings is 10. The van der Waals surface area contributed by atoms with E-state index in [0.717, 1.165) is 75.8 Å². The number of aliphatic hydroxyl groups is 16. The maximum Gasteiger partial charge on any atom is 0.270 e. The van der Waals surface area contributed by atoms with Crippen LogP contribution in [-0.2, 0) is 30.8 Å². The summed E-state index contributed by atoms with van der Waals surface area (Å²) < 4.78 is 182. The summed E-state index contributed by atoms with van der Waals surface area (Å²) in [5, 5.41) is 161. The summed E-state index contributed by atoms with van der Waals surface area (Å²) in [5.74, 6) is -13.1. The number of hydrogen-bond donors (Lipinski definition) is 16. The van der Waals surface area contributed by atoms with E-state index in [1.54, 1.807) is 6.08 Å². The average Bonchev–Trinajstić information content (AvgIpc) is 0.797. The van der Waals surface area contributed by atoms with Gasteiger partial charge in [-0.25, -0.2) is 43.9 Å². The van der Waals surface area contributed by atoms with Crippen molar-refractivity contribution in [1.82, 2.24) is 0 Å². The lowest BCUT2D eigenvalue weighted by Crippen LogP contribution is -2.60. The van der Waals surface area contributed by atoms with Gasteiger partial charge in [-0.1, -0.05) is 194 Å². The Labute approximate surface area is 719 Å². The van der Waals surface area contributed by atoms with Crippen LogP contribution < -0.4 is 18.9 Å². The number of hydrogen-bond acceptors (Lipinski definition) is 24. The monoisotopic (exact) mass is 1780 g/mol. The molecule has 10 aromatic carbocycles. The zero-order chi connectivity index (χ0) is 92.0. The Hall–Kier alpha value is -10.6. The SMILES string of the molecule is CC(F)(F)c1ccc(/C=C/c2cc(F)cc(F)c2OC2O[C@H](CO)[C@@H](O)[C@H](O)[C@H]2O)cc1.CC(F)(F)c1cccc(/C=C/c2cc(F)cc(F)c2OC2O[C@H](CO)[C@@H](O)[C@H](O)[C@H]2O)c1.Cc1cccc(/C=C/c2ccc3ccccc3c2OC2O[C@H](CO)[C@@H](O)[C@H](O)[C@H]2O)c1.OC[C@H]1OC(Oc2c(F)cc(F)cc2/C=C/c2ccc3ccccc3c2)[C@H](O)[C@@H](O)[C@@H]1O. The van der Waals surface area contributed by atoms with Gasteiger partial charge in [0, 0.05) is 70.8 Å². The molecule has 14 rings (SSSR count). The number of alkyl halides is 4. The van der Waals surface area contributed by atoms with E-state index in [-0.39, 0.29) is 27.8 Å². The van der Waals surface area contributed by atoms with Gasteiger partial charge in [-0.05, 0) is 75.7 Å². The summed E-state index contributed by atoms with van der Waals surface area (Å²) in [6.07, 6.45) is -18.6. The molecule has 4 fully saturated rings. The number of rotatable bonds is 22. The molecule has 4 heterocycles. The summed E-state index contributed by atoms with van der Waals surface area (Å²) in [6, 6.07) is 48.3. The van der Waals surface area contributed by atoms with Crippen molar-refractivity contribution in [3.63, 3.8) is 0 Å². The topological polar surface area (TPSA) is 398 Å². The van der Waals surface area contributed by atoms with Crippen LogP contribution in [0.4, 0.5) is 43.9 Å². The van der Waals surface area contributed by atoms with Crippen LogP contribution in [0.25, 0.3) is 70.2 Å². The molecule has 20 atom stereocenters. The van der Waals surface area contributed by atoms with Gasteiger partial charge in [0.2, 0.25) is 25.2 Å². The van der Waals surface area contributed by atoms with Gasteiger partial charge in [-0.2, -0.15) is 0 Å². The summed E-state index contributed by atoms with van der Waals surface area (Å²) >= 11 is 0. The van der Waals surface area contributed by atoms with Crippen molar-refractivity contribution >= 4 is 70.2 Å². The largest absolute Gasteiger partial charge is 0.461 e. The van der Waals surface area contributed by atoms with Crippen molar-refractivity contribution in [2.24, 2.45) is 0 Å². The highest BCUT2D eigenvalue weighted by Gasteiger charge is 2.49. The normalized spacial score (nSPS) is 26.3. The van der Waals surface area contributed by atoms with Gasteiger partial charge in [0.25, 0.3) is 11.8 Å². The van der Waals surface area contributed by atoms with E-state index in [0.29, 0.717) is 35.1 Å². The smallest absolute Gasteiger partial charge is 0.270 e. The quantitative estimate of drug-likeness (QED) is 0.0221. The third kappa shape index (κ3) is 24.2. The van der Waals surface area contributed by atoms with E-state index in [9.17, 15) is 126 Å². The molecule has 16 N–H and O–H groups in total. The minimum absolute atomic E-state index is 0.0348. The molecule has 0 amide bonds. The second-order valence-electron chi connectivity index (χ2n) is 30.3. The number of halogens is 10. The maximum atomic E-state index is 14.6. The fourth-order valence-corrected chi connectivity index (χ4v) is 13.8. The molecule has 34 heteroatoms. The lowest BCUT2D eigenvalue weighted by Gasteiger charge is -2.39. The fourth-order valence-electron chi connectivity index (χ4n) is 13.8. The third-order valence-electron chi connectivity index (χ3n) is 20.8. The van der Waals surface area contributed by atoms with Crippen LogP contribution in [0.2, 0.25) is 0 Å². The first kappa shape index (κ1) is 97.0. The molecule has 10 aromatic rings. The minimum Gasteiger partial charge on any atom is -0.461 e. The van der Waals surface area contributed by atoms with Gasteiger partial charge in [0.15, 0.2) is 34.7 Å². The predicted molar refractivity (Wildman–Crippen MR) is 443 cm³/mol. The van der Waals surface area contributed by atoms with Crippen molar-refractivity contribution in [3.8, 4) is 23.0 Å². The Bertz CT molecular complexity index is 5480. The first-order valence-electron chi connectivity index (χ1n) is 39.5. The average molecular weight is 1780 g/mol. The van der Waals surface area contributed by atoms with Gasteiger partial charge in [0.05, 0.1) is 26.4 Å². The first-order chi connectivity index (χ1) is 60.4. The van der Waals surface area contributed by atoms with Gasteiger partial charge in [-0.3, -0.25) is 0 Å². The lowest BCUT2D eigenvalue weighted by molar-refractivity contribution is -0.277. The van der Waals surface area contributed by atoms with Gasteiger partial charge >= 0.3 is 0 Å². The van der Waals surface area contributed by atoms with Crippen LogP contribution in [0.15, 0.2) is 188 Å². The summed E-state index contributed by atoms with van der Waals surface area (Å²) in [4.78, 5) is 0. The molecule has 24 nitrogen and oxygen atoms in total. The number of aryl methyl sites for hydroxylation is 1. The fraction of sp³-hybridized carbons (Fsp3) is 0.312. The molecule has 0 aliphatic carbocycles. The summed E-state index contributed by atoms with van der Waals surface area (Å²) in [5.41, 5.74) is 3.86. The Morgan fingerprint density at radius 1 is 0.291 bits per heavy atom. The van der Waals surface area contributed by atoms with Gasteiger partial charge in [0.1, 0.15) is 121 Å². The van der Waals surface area contributed by atoms with E-state index >= 15 is 0 Å². The first-order valence-corrected chi connectivity index (χ1v) is 39.5. The van der Waals surface area contributed by atoms with Crippen molar-refractivity contribution in [2.45, 2.75) is 155 Å². The van der Waals surface area contributed by atoms with Crippen molar-refractivity contribution in [2.75, 3.05) is 26.4 Å². The Balaban J connectivity index is 0.000000164. The standard InChI is InChI=1S/C25H26O6.C24H22F2O6.2C22H22F4O6/c1-15-5-4-6-16(13-15)9-10-18-12-11-17-7-2-3-8-19(17)24(18)31-25-23(29)22(28)21(27)20(14-26)30-25;25-17-10-16(8-6-13-5-7-14-3-1-2-4-15(14)9-13)23(18(26)11-17)32-24-22(30)21(29)20(28)19(12-27)31-24;1-22(25,26)13-6-3-11(4-7-13)2-5-12-8-14(23)9-15(24)20(12)32-21-19(30)18(29)17(28)16(10-27)31-21;1-22(25,26)13-4-2-3-11(7-13)5-6-12-8-14(23)9-15(24)20(12)32-21-19(30)18(29)17(28)16(10-27)31-21/h2-13,20-23,25-29H,14H2,1H3;1-11,19-22,24,27-30H,12H2;2*2-9,16-19,21,27-30H,10H2,1H3/b10-9+;8-6+;5-2+;6-5+/t20-,21-,22+,23-,25?;19-,20-,21+,22-,24?;2*16-,17-,18+,19-,21?/m1111/s1. The molecule has 0 spiro atoms. The number of ether oxygens (including phenoxy) is 8. The second kappa shape index (κ2) is 43.0. The van der Waals surface area contributed by atoms with Crippen LogP contribution in [0, 0.1) is 41.8 Å². The Kier molecular flexibility index (Phi) is 32.8. The lowest BCUT2D eigenvalue weighted by atomic mass is 9.99. The molecule has 678 valence electrons. The van der Waals surface area contributed by atoms with E-state index in [2.05, 4.69) is 6.07 Å². The molecule has 0 saturated carbocycles. The molecule has 4 aliphatic heterocycles. The van der Waals surface area contributed by atoms with E-state index < -0.39 is 213 Å². The summed E-state index contributed by atoms with van der Waals surface area (Å²) in [7, 11) is 0. The van der Waals surface area contributed by atoms with Gasteiger partial charge < -0.3 is 120 Å². The molecular formula is C93H92F10O24. The van der Waals surface area contributed by atoms with Crippen molar-refractivity contribution < 1.29 is 164 Å². The second-order valence-corrected chi connectivity index (χ2v) is 30.3. The molecule has 0 bridgehead atoms. The van der Waals surface area contributed by atoms with Gasteiger partial charge in [-0.15, -0.1) is 0 Å². The molecule has 0 radical (unpaired) electrons. The van der Waals surface area contributed by atoms with Crippen LogP contribution in [-0.4, -0.2) is 231 Å². The highest BCUT2D eigenvalue weighted by Crippen LogP contribution is 2.40. The molecule has 127 heavy (non-hydrogen) atoms. The van der Waals surface area contributed by atoms with E-state index in [1.165, 1.54) is 78.9 Å². The van der Waals surface area contributed by atoms with Crippen LogP contribution >= 0.6 is 0 Å². The Morgan fingerprint density at radius 3 is 1.02 bits per heavy atom. The van der Waals surface area contributed by atoms with E-state index in [1.807, 2.05) is 116 Å². The molecule has 4 unspecified atom stereocenters. The zero-order valence-corrected chi connectivity index (χ0v) is 67.6. The highest BCUT2D eigenvalue weighted by atomic mass is 19.3. The van der Waals surface area contributed by atoms with Crippen molar-refractivity contribution in [3.05, 3.63) is 284 Å². The van der Waals surface area contributed by atoms with Crippen LogP contribution in [0.5, 0.6) is 23.0 Å². The minimum atomic E-state index is -3.08. The molecular weight excluding hydrogens is 1690 g/mol. The summed E-state index contributed by atoms with van der Waals surface area (Å²) in [6.45, 7) is 0.922. The molecule has 4 aliphatic rings.